The minimum Gasteiger partial charge on any atom is -0.0620 e. The standard InChI is InChI=1S/C13H17B7/c14-18-20(17)13(19(15)16)11-7-3-1-5-9(11)10-6-2-4-8-12(10)13/h1-8,18H,14-17H2. The Labute approximate surface area is 127 Å². The van der Waals surface area contributed by atoms with Crippen LogP contribution in [0.25, 0.3) is 11.1 Å². The molecule has 2 aromatic carbocycles. The predicted molar refractivity (Wildman–Crippen MR) is 105 cm³/mol. The SMILES string of the molecule is BBB(B)C1(B(B)B)c2ccccc2-c2ccccc21. The molecule has 0 aromatic heterocycles. The highest BCUT2D eigenvalue weighted by molar-refractivity contribution is 7.52. The molecule has 1 aliphatic carbocycles. The van der Waals surface area contributed by atoms with E-state index >= 15 is 0 Å². The lowest BCUT2D eigenvalue weighted by Gasteiger charge is -2.40. The second-order valence-corrected chi connectivity index (χ2v) is 6.42. The first-order valence-corrected chi connectivity index (χ1v) is 7.83. The summed E-state index contributed by atoms with van der Waals surface area (Å²) in [5.74, 6) is 0. The van der Waals surface area contributed by atoms with Gasteiger partial charge in [-0.05, 0) is 22.3 Å². The molecule has 2 aromatic rings. The molecule has 1 aliphatic rings. The zero-order chi connectivity index (χ0) is 14.3. The summed E-state index contributed by atoms with van der Waals surface area (Å²) in [6.45, 7) is 1.24. The van der Waals surface area contributed by atoms with Gasteiger partial charge in [0.2, 0.25) is 0 Å². The van der Waals surface area contributed by atoms with Gasteiger partial charge in [0.05, 0.1) is 43.9 Å². The summed E-state index contributed by atoms with van der Waals surface area (Å²) in [6, 6.07) is 18.0. The molecule has 7 heteroatoms. The molecule has 20 heavy (non-hydrogen) atoms. The van der Waals surface area contributed by atoms with Crippen molar-refractivity contribution in [3.8, 4) is 11.1 Å². The molecule has 0 fully saturated rings. The second kappa shape index (κ2) is 5.02. The second-order valence-electron chi connectivity index (χ2n) is 6.42. The molecular formula is C13H17B7. The van der Waals surface area contributed by atoms with Crippen LogP contribution in [-0.4, -0.2) is 51.0 Å². The van der Waals surface area contributed by atoms with Crippen molar-refractivity contribution in [2.45, 2.75) is 5.21 Å². The summed E-state index contributed by atoms with van der Waals surface area (Å²) in [6.07, 6.45) is 0. The molecule has 90 valence electrons. The van der Waals surface area contributed by atoms with Crippen LogP contribution < -0.4 is 0 Å². The van der Waals surface area contributed by atoms with Crippen LogP contribution in [0, 0.1) is 0 Å². The molecule has 0 N–H and O–H groups in total. The molecule has 0 atom stereocenters. The normalized spacial score (nSPS) is 14.2. The van der Waals surface area contributed by atoms with Gasteiger partial charge < -0.3 is 0 Å². The van der Waals surface area contributed by atoms with Gasteiger partial charge in [0.15, 0.2) is 0 Å². The first kappa shape index (κ1) is 13.9. The van der Waals surface area contributed by atoms with Crippen molar-refractivity contribution in [2.75, 3.05) is 0 Å². The molecule has 0 saturated carbocycles. The van der Waals surface area contributed by atoms with Crippen molar-refractivity contribution in [1.29, 1.82) is 0 Å². The van der Waals surface area contributed by atoms with E-state index in [1.807, 2.05) is 0 Å². The van der Waals surface area contributed by atoms with Gasteiger partial charge in [0.25, 0.3) is 0 Å². The summed E-state index contributed by atoms with van der Waals surface area (Å²) in [7, 11) is 10.7. The minimum atomic E-state index is 0.169. The van der Waals surface area contributed by atoms with Crippen LogP contribution in [0.4, 0.5) is 0 Å². The van der Waals surface area contributed by atoms with Crippen molar-refractivity contribution < 1.29 is 0 Å². The smallest absolute Gasteiger partial charge is 0.0620 e. The molecule has 0 bridgehead atoms. The topological polar surface area (TPSA) is 0 Å². The molecule has 0 unspecified atom stereocenters. The van der Waals surface area contributed by atoms with E-state index in [-0.39, 0.29) is 5.21 Å². The molecule has 0 radical (unpaired) electrons. The van der Waals surface area contributed by atoms with Gasteiger partial charge in [-0.25, -0.2) is 0 Å². The molecule has 0 heterocycles. The Balaban J connectivity index is 2.39. The average Bonchev–Trinajstić information content (AvgIpc) is 2.78. The van der Waals surface area contributed by atoms with Gasteiger partial charge >= 0.3 is 0 Å². The van der Waals surface area contributed by atoms with E-state index < -0.39 is 0 Å². The van der Waals surface area contributed by atoms with E-state index in [2.05, 4.69) is 79.5 Å². The summed E-state index contributed by atoms with van der Waals surface area (Å²) in [5, 5.41) is 0.169. The fourth-order valence-corrected chi connectivity index (χ4v) is 4.35. The number of fused-ring (bicyclic) bond motifs is 3. The van der Waals surface area contributed by atoms with Crippen molar-refractivity contribution in [1.82, 2.24) is 0 Å². The molecule has 0 saturated heterocycles. The van der Waals surface area contributed by atoms with Crippen LogP contribution in [0.15, 0.2) is 48.5 Å². The van der Waals surface area contributed by atoms with Gasteiger partial charge in [0, 0.05) is 7.06 Å². The third kappa shape index (κ3) is 1.65. The van der Waals surface area contributed by atoms with Crippen LogP contribution in [0.3, 0.4) is 0 Å². The highest BCUT2D eigenvalue weighted by Gasteiger charge is 2.48. The fraction of sp³-hybridized carbons (Fsp3) is 0.0769. The maximum absolute atomic E-state index is 2.42. The molecule has 0 aliphatic heterocycles. The highest BCUT2D eigenvalue weighted by atomic mass is 14.3. The quantitative estimate of drug-likeness (QED) is 0.546. The van der Waals surface area contributed by atoms with Crippen LogP contribution >= 0.6 is 0 Å². The number of rotatable bonds is 3. The lowest BCUT2D eigenvalue weighted by molar-refractivity contribution is 1.06. The Kier molecular flexibility index (Phi) is 3.48. The first-order chi connectivity index (χ1) is 9.64. The van der Waals surface area contributed by atoms with E-state index in [1.54, 1.807) is 0 Å². The summed E-state index contributed by atoms with van der Waals surface area (Å²) in [5.41, 5.74) is 5.95. The zero-order valence-electron chi connectivity index (χ0n) is 13.0. The van der Waals surface area contributed by atoms with Crippen LogP contribution in [0.1, 0.15) is 11.1 Å². The first-order valence-electron chi connectivity index (χ1n) is 7.83. The van der Waals surface area contributed by atoms with Crippen molar-refractivity contribution in [2.24, 2.45) is 0 Å². The Morgan fingerprint density at radius 2 is 1.25 bits per heavy atom. The van der Waals surface area contributed by atoms with Crippen LogP contribution in [-0.2, 0) is 5.21 Å². The van der Waals surface area contributed by atoms with E-state index in [4.69, 9.17) is 0 Å². The van der Waals surface area contributed by atoms with E-state index in [9.17, 15) is 0 Å². The summed E-state index contributed by atoms with van der Waals surface area (Å²) in [4.78, 5) is 0. The van der Waals surface area contributed by atoms with Crippen molar-refractivity contribution in [3.63, 3.8) is 0 Å². The van der Waals surface area contributed by atoms with Gasteiger partial charge in [-0.1, -0.05) is 53.7 Å². The predicted octanol–water partition coefficient (Wildman–Crippen LogP) is -2.11. The molecule has 0 amide bonds. The number of benzene rings is 2. The largest absolute Gasteiger partial charge is 0.0729 e. The van der Waals surface area contributed by atoms with E-state index in [0.717, 1.165) is 0 Å². The monoisotopic (exact) mass is 250 g/mol. The van der Waals surface area contributed by atoms with Gasteiger partial charge in [-0.2, -0.15) is 0 Å². The zero-order valence-corrected chi connectivity index (χ0v) is 13.0. The van der Waals surface area contributed by atoms with Crippen molar-refractivity contribution in [3.05, 3.63) is 59.7 Å². The molecule has 3 rings (SSSR count). The lowest BCUT2D eigenvalue weighted by Crippen LogP contribution is -2.59. The minimum absolute atomic E-state index is 0.169. The third-order valence-electron chi connectivity index (χ3n) is 5.34. The highest BCUT2D eigenvalue weighted by Crippen LogP contribution is 2.49. The maximum Gasteiger partial charge on any atom is 0.0729 e. The summed E-state index contributed by atoms with van der Waals surface area (Å²) >= 11 is 0. The van der Waals surface area contributed by atoms with E-state index in [1.165, 1.54) is 29.3 Å². The van der Waals surface area contributed by atoms with Gasteiger partial charge in [0.1, 0.15) is 0 Å². The fourth-order valence-electron chi connectivity index (χ4n) is 4.35. The molecule has 0 nitrogen and oxygen atoms in total. The summed E-state index contributed by atoms with van der Waals surface area (Å²) < 4.78 is 0. The number of hydrogen-bond donors (Lipinski definition) is 0. The Morgan fingerprint density at radius 3 is 1.65 bits per heavy atom. The van der Waals surface area contributed by atoms with Crippen LogP contribution in [0.5, 0.6) is 0 Å². The van der Waals surface area contributed by atoms with Gasteiger partial charge in [-0.3, -0.25) is 0 Å². The molecule has 0 spiro atoms. The third-order valence-corrected chi connectivity index (χ3v) is 5.34. The maximum atomic E-state index is 2.42. The van der Waals surface area contributed by atoms with Crippen LogP contribution in [0.2, 0.25) is 0 Å². The Bertz CT molecular complexity index is 595. The van der Waals surface area contributed by atoms with Crippen molar-refractivity contribution >= 4 is 51.0 Å². The average molecular weight is 249 g/mol. The molecular weight excluding hydrogens is 232 g/mol. The lowest BCUT2D eigenvalue weighted by atomic mass is 8.86. The van der Waals surface area contributed by atoms with E-state index in [0.29, 0.717) is 13.0 Å². The Hall–Kier alpha value is -1.11. The Morgan fingerprint density at radius 1 is 0.800 bits per heavy atom. The van der Waals surface area contributed by atoms with Gasteiger partial charge in [-0.15, -0.1) is 0 Å². The number of hydrogen-bond acceptors (Lipinski definition) is 0.